The molecule has 1 aromatic rings. The molecule has 0 atom stereocenters. The zero-order chi connectivity index (χ0) is 10.6. The van der Waals surface area contributed by atoms with E-state index in [1.165, 1.54) is 0 Å². The topological polar surface area (TPSA) is 61.1 Å². The van der Waals surface area contributed by atoms with Crippen molar-refractivity contribution in [2.75, 3.05) is 0 Å². The van der Waals surface area contributed by atoms with Gasteiger partial charge in [-0.1, -0.05) is 12.1 Å². The molecular formula is C11H11NO2. The Balaban J connectivity index is 3.02. The van der Waals surface area contributed by atoms with Crippen molar-refractivity contribution < 1.29 is 9.90 Å². The highest BCUT2D eigenvalue weighted by molar-refractivity contribution is 5.89. The zero-order valence-electron chi connectivity index (χ0n) is 7.95. The lowest BCUT2D eigenvalue weighted by Crippen LogP contribution is -2.02. The smallest absolute Gasteiger partial charge is 0.335 e. The van der Waals surface area contributed by atoms with E-state index < -0.39 is 5.97 Å². The fourth-order valence-corrected chi connectivity index (χ4v) is 1.38. The highest BCUT2D eigenvalue weighted by Gasteiger charge is 2.09. The van der Waals surface area contributed by atoms with Crippen LogP contribution in [0.25, 0.3) is 0 Å². The van der Waals surface area contributed by atoms with Gasteiger partial charge in [-0.15, -0.1) is 0 Å². The quantitative estimate of drug-likeness (QED) is 0.792. The van der Waals surface area contributed by atoms with Crippen LogP contribution in [0.1, 0.15) is 27.9 Å². The number of carbonyl (C=O) groups is 1. The minimum atomic E-state index is -0.915. The van der Waals surface area contributed by atoms with E-state index in [1.807, 2.05) is 12.1 Å². The van der Waals surface area contributed by atoms with Crippen LogP contribution in [-0.2, 0) is 6.42 Å². The lowest BCUT2D eigenvalue weighted by atomic mass is 9.99. The minimum absolute atomic E-state index is 0.320. The first-order valence-corrected chi connectivity index (χ1v) is 4.35. The lowest BCUT2D eigenvalue weighted by Gasteiger charge is -2.06. The summed E-state index contributed by atoms with van der Waals surface area (Å²) in [4.78, 5) is 10.8. The Morgan fingerprint density at radius 3 is 2.86 bits per heavy atom. The molecule has 0 spiro atoms. The molecule has 0 saturated carbocycles. The molecule has 0 heterocycles. The van der Waals surface area contributed by atoms with E-state index in [0.717, 1.165) is 11.1 Å². The van der Waals surface area contributed by atoms with Crippen LogP contribution < -0.4 is 0 Å². The molecule has 0 unspecified atom stereocenters. The average Bonchev–Trinajstić information content (AvgIpc) is 2.16. The molecule has 0 fully saturated rings. The Hall–Kier alpha value is -1.82. The predicted molar refractivity (Wildman–Crippen MR) is 52.1 cm³/mol. The number of hydrogen-bond acceptors (Lipinski definition) is 2. The van der Waals surface area contributed by atoms with E-state index in [9.17, 15) is 4.79 Å². The first kappa shape index (κ1) is 10.3. The molecule has 1 aromatic carbocycles. The summed E-state index contributed by atoms with van der Waals surface area (Å²) in [6.07, 6.45) is 1.04. The third-order valence-electron chi connectivity index (χ3n) is 2.18. The van der Waals surface area contributed by atoms with Gasteiger partial charge in [0.05, 0.1) is 11.6 Å². The molecule has 14 heavy (non-hydrogen) atoms. The lowest BCUT2D eigenvalue weighted by molar-refractivity contribution is 0.0696. The van der Waals surface area contributed by atoms with Crippen LogP contribution in [-0.4, -0.2) is 11.1 Å². The number of carboxylic acids is 1. The Kier molecular flexibility index (Phi) is 3.24. The zero-order valence-corrected chi connectivity index (χ0v) is 7.95. The van der Waals surface area contributed by atoms with Crippen molar-refractivity contribution in [2.24, 2.45) is 0 Å². The first-order valence-electron chi connectivity index (χ1n) is 4.35. The summed E-state index contributed by atoms with van der Waals surface area (Å²) in [7, 11) is 0. The molecule has 0 aliphatic carbocycles. The number of benzene rings is 1. The van der Waals surface area contributed by atoms with E-state index >= 15 is 0 Å². The highest BCUT2D eigenvalue weighted by Crippen LogP contribution is 2.15. The number of nitriles is 1. The van der Waals surface area contributed by atoms with Crippen molar-refractivity contribution in [3.63, 3.8) is 0 Å². The normalized spacial score (nSPS) is 9.43. The summed E-state index contributed by atoms with van der Waals surface area (Å²) < 4.78 is 0. The summed E-state index contributed by atoms with van der Waals surface area (Å²) in [6.45, 7) is 1.77. The minimum Gasteiger partial charge on any atom is -0.478 e. The maximum atomic E-state index is 10.8. The summed E-state index contributed by atoms with van der Waals surface area (Å²) >= 11 is 0. The van der Waals surface area contributed by atoms with Crippen LogP contribution in [0.5, 0.6) is 0 Å². The number of hydrogen-bond donors (Lipinski definition) is 1. The van der Waals surface area contributed by atoms with Crippen molar-refractivity contribution in [3.8, 4) is 6.07 Å². The second-order valence-corrected chi connectivity index (χ2v) is 3.05. The Morgan fingerprint density at radius 2 is 2.29 bits per heavy atom. The van der Waals surface area contributed by atoms with Gasteiger partial charge in [0.1, 0.15) is 0 Å². The molecule has 0 radical (unpaired) electrons. The van der Waals surface area contributed by atoms with Gasteiger partial charge < -0.3 is 5.11 Å². The second-order valence-electron chi connectivity index (χ2n) is 3.05. The third kappa shape index (κ3) is 2.11. The van der Waals surface area contributed by atoms with Crippen LogP contribution in [0.15, 0.2) is 18.2 Å². The van der Waals surface area contributed by atoms with Gasteiger partial charge in [0.2, 0.25) is 0 Å². The van der Waals surface area contributed by atoms with Crippen molar-refractivity contribution in [1.82, 2.24) is 0 Å². The molecule has 0 amide bonds. The summed E-state index contributed by atoms with van der Waals surface area (Å²) in [5, 5.41) is 17.3. The highest BCUT2D eigenvalue weighted by atomic mass is 16.4. The number of aryl methyl sites for hydroxylation is 1. The third-order valence-corrected chi connectivity index (χ3v) is 2.18. The van der Waals surface area contributed by atoms with Gasteiger partial charge >= 0.3 is 5.97 Å². The predicted octanol–water partition coefficient (Wildman–Crippen LogP) is 2.15. The van der Waals surface area contributed by atoms with E-state index in [1.54, 1.807) is 19.1 Å². The van der Waals surface area contributed by atoms with E-state index in [2.05, 4.69) is 0 Å². The second kappa shape index (κ2) is 4.43. The van der Waals surface area contributed by atoms with Crippen LogP contribution in [0, 0.1) is 18.3 Å². The van der Waals surface area contributed by atoms with Crippen LogP contribution in [0.3, 0.4) is 0 Å². The Morgan fingerprint density at radius 1 is 1.57 bits per heavy atom. The average molecular weight is 189 g/mol. The van der Waals surface area contributed by atoms with E-state index in [4.69, 9.17) is 10.4 Å². The molecule has 0 bridgehead atoms. The van der Waals surface area contributed by atoms with Crippen molar-refractivity contribution in [1.29, 1.82) is 5.26 Å². The molecule has 0 aromatic heterocycles. The Bertz CT molecular complexity index is 391. The summed E-state index contributed by atoms with van der Waals surface area (Å²) in [5.41, 5.74) is 2.02. The van der Waals surface area contributed by atoms with Crippen LogP contribution in [0.2, 0.25) is 0 Å². The molecule has 3 nitrogen and oxygen atoms in total. The number of aromatic carboxylic acids is 1. The van der Waals surface area contributed by atoms with Gasteiger partial charge in [-0.25, -0.2) is 4.79 Å². The maximum Gasteiger partial charge on any atom is 0.335 e. The number of nitrogens with zero attached hydrogens (tertiary/aromatic N) is 1. The molecule has 1 N–H and O–H groups in total. The van der Waals surface area contributed by atoms with Crippen LogP contribution >= 0.6 is 0 Å². The van der Waals surface area contributed by atoms with E-state index in [-0.39, 0.29) is 0 Å². The molecule has 3 heteroatoms. The molecule has 72 valence electrons. The monoisotopic (exact) mass is 189 g/mol. The molecule has 0 aliphatic heterocycles. The summed E-state index contributed by atoms with van der Waals surface area (Å²) in [5.74, 6) is -0.915. The van der Waals surface area contributed by atoms with E-state index in [0.29, 0.717) is 18.4 Å². The van der Waals surface area contributed by atoms with Gasteiger partial charge in [0.25, 0.3) is 0 Å². The fourth-order valence-electron chi connectivity index (χ4n) is 1.38. The van der Waals surface area contributed by atoms with Gasteiger partial charge in [0, 0.05) is 6.42 Å². The molecule has 0 aliphatic rings. The van der Waals surface area contributed by atoms with Gasteiger partial charge in [-0.05, 0) is 30.5 Å². The van der Waals surface area contributed by atoms with Crippen molar-refractivity contribution >= 4 is 5.97 Å². The largest absolute Gasteiger partial charge is 0.478 e. The molecule has 1 rings (SSSR count). The molecule has 0 saturated heterocycles. The van der Waals surface area contributed by atoms with Gasteiger partial charge in [-0.3, -0.25) is 0 Å². The van der Waals surface area contributed by atoms with Crippen LogP contribution in [0.4, 0.5) is 0 Å². The van der Waals surface area contributed by atoms with Gasteiger partial charge in [0.15, 0.2) is 0 Å². The standard InChI is InChI=1S/C11H11NO2/c1-8-9(5-3-7-12)4-2-6-10(8)11(13)14/h2,4,6H,3,5H2,1H3,(H,13,14). The fraction of sp³-hybridized carbons (Fsp3) is 0.273. The SMILES string of the molecule is Cc1c(CCC#N)cccc1C(=O)O. The van der Waals surface area contributed by atoms with Crippen molar-refractivity contribution in [2.45, 2.75) is 19.8 Å². The number of carboxylic acid groups (broad SMARTS) is 1. The van der Waals surface area contributed by atoms with Crippen molar-refractivity contribution in [3.05, 3.63) is 34.9 Å². The molecular weight excluding hydrogens is 178 g/mol. The maximum absolute atomic E-state index is 10.8. The number of rotatable bonds is 3. The van der Waals surface area contributed by atoms with Gasteiger partial charge in [-0.2, -0.15) is 5.26 Å². The summed E-state index contributed by atoms with van der Waals surface area (Å²) in [6, 6.07) is 7.19. The Labute approximate surface area is 82.6 Å². The first-order chi connectivity index (χ1) is 6.66.